The molecule has 1 aromatic rings. The van der Waals surface area contributed by atoms with Crippen molar-refractivity contribution in [2.75, 3.05) is 26.8 Å². The Morgan fingerprint density at radius 2 is 1.94 bits per heavy atom. The predicted octanol–water partition coefficient (Wildman–Crippen LogP) is 3.55. The molecule has 1 spiro atoms. The third kappa shape index (κ3) is 4.20. The maximum atomic E-state index is 14.0. The first-order valence-electron chi connectivity index (χ1n) is 11.2. The van der Waals surface area contributed by atoms with Gasteiger partial charge in [0.1, 0.15) is 0 Å². The van der Waals surface area contributed by atoms with Crippen molar-refractivity contribution in [1.29, 1.82) is 0 Å². The fourth-order valence-electron chi connectivity index (χ4n) is 5.41. The Bertz CT molecular complexity index is 835. The van der Waals surface area contributed by atoms with E-state index in [9.17, 15) is 14.3 Å². The molecule has 172 valence electrons. The van der Waals surface area contributed by atoms with E-state index in [4.69, 9.17) is 14.2 Å². The van der Waals surface area contributed by atoms with Gasteiger partial charge in [-0.2, -0.15) is 0 Å². The van der Waals surface area contributed by atoms with Crippen molar-refractivity contribution in [1.82, 2.24) is 4.90 Å². The molecule has 3 heterocycles. The minimum Gasteiger partial charge on any atom is -0.494 e. The summed E-state index contributed by atoms with van der Waals surface area (Å²) in [5, 5.41) is 10.2. The van der Waals surface area contributed by atoms with E-state index in [-0.39, 0.29) is 23.2 Å². The lowest BCUT2D eigenvalue weighted by Gasteiger charge is -2.48. The molecule has 1 N–H and O–H groups in total. The monoisotopic (exact) mass is 435 g/mol. The van der Waals surface area contributed by atoms with Crippen LogP contribution in [0.15, 0.2) is 18.2 Å². The van der Waals surface area contributed by atoms with Gasteiger partial charge in [0.05, 0.1) is 37.1 Å². The quantitative estimate of drug-likeness (QED) is 0.786. The fourth-order valence-corrected chi connectivity index (χ4v) is 5.41. The van der Waals surface area contributed by atoms with Crippen molar-refractivity contribution in [2.24, 2.45) is 5.41 Å². The third-order valence-electron chi connectivity index (χ3n) is 7.61. The first-order valence-corrected chi connectivity index (χ1v) is 11.2. The molecule has 0 unspecified atom stereocenters. The number of hydrogen-bond donors (Lipinski definition) is 1. The number of amides is 1. The number of piperidine rings is 1. The topological polar surface area (TPSA) is 68.2 Å². The van der Waals surface area contributed by atoms with E-state index in [0.29, 0.717) is 31.7 Å². The second kappa shape index (κ2) is 8.01. The number of halogens is 1. The van der Waals surface area contributed by atoms with Gasteiger partial charge in [-0.05, 0) is 76.5 Å². The second-order valence-electron chi connectivity index (χ2n) is 10.2. The summed E-state index contributed by atoms with van der Waals surface area (Å²) in [6.45, 7) is 7.90. The second-order valence-corrected chi connectivity index (χ2v) is 10.2. The number of methoxy groups -OCH3 is 1. The van der Waals surface area contributed by atoms with E-state index in [0.717, 1.165) is 25.7 Å². The van der Waals surface area contributed by atoms with Crippen LogP contribution in [0.25, 0.3) is 0 Å². The molecule has 0 aromatic heterocycles. The van der Waals surface area contributed by atoms with Crippen LogP contribution in [-0.2, 0) is 9.47 Å². The Morgan fingerprint density at radius 1 is 1.23 bits per heavy atom. The van der Waals surface area contributed by atoms with E-state index in [2.05, 4.69) is 6.92 Å². The molecule has 3 saturated heterocycles. The number of benzene rings is 1. The van der Waals surface area contributed by atoms with E-state index in [1.54, 1.807) is 11.0 Å². The first-order chi connectivity index (χ1) is 14.6. The lowest BCUT2D eigenvalue weighted by atomic mass is 9.73. The third-order valence-corrected chi connectivity index (χ3v) is 7.61. The molecule has 3 aliphatic rings. The summed E-state index contributed by atoms with van der Waals surface area (Å²) in [6.07, 6.45) is 3.61. The van der Waals surface area contributed by atoms with Crippen LogP contribution in [0.5, 0.6) is 5.75 Å². The van der Waals surface area contributed by atoms with Gasteiger partial charge in [-0.25, -0.2) is 4.39 Å². The lowest BCUT2D eigenvalue weighted by molar-refractivity contribution is -0.245. The number of aliphatic hydroxyl groups is 1. The van der Waals surface area contributed by atoms with Crippen LogP contribution in [0, 0.1) is 11.2 Å². The minimum atomic E-state index is -0.588. The Balaban J connectivity index is 1.38. The maximum absolute atomic E-state index is 14.0. The highest BCUT2D eigenvalue weighted by Gasteiger charge is 2.53. The average Bonchev–Trinajstić information content (AvgIpc) is 3.15. The number of nitrogens with zero attached hydrogens (tertiary/aromatic N) is 1. The van der Waals surface area contributed by atoms with Crippen LogP contribution in [0.1, 0.15) is 63.2 Å². The molecule has 0 radical (unpaired) electrons. The molecule has 7 heteroatoms. The number of rotatable bonds is 3. The highest BCUT2D eigenvalue weighted by Crippen LogP contribution is 2.49. The molecule has 0 saturated carbocycles. The van der Waals surface area contributed by atoms with Crippen LogP contribution in [0.4, 0.5) is 4.39 Å². The van der Waals surface area contributed by atoms with Crippen LogP contribution in [0.2, 0.25) is 0 Å². The number of hydrogen-bond acceptors (Lipinski definition) is 5. The molecule has 3 atom stereocenters. The fraction of sp³-hybridized carbons (Fsp3) is 0.708. The summed E-state index contributed by atoms with van der Waals surface area (Å²) in [5.74, 6) is -0.537. The zero-order valence-electron chi connectivity index (χ0n) is 18.9. The Kier molecular flexibility index (Phi) is 5.82. The van der Waals surface area contributed by atoms with E-state index in [1.807, 2.05) is 13.8 Å². The van der Waals surface area contributed by atoms with Crippen molar-refractivity contribution in [3.8, 4) is 5.75 Å². The number of ether oxygens (including phenoxy) is 3. The van der Waals surface area contributed by atoms with E-state index in [1.165, 1.54) is 19.2 Å². The Morgan fingerprint density at radius 3 is 2.55 bits per heavy atom. The van der Waals surface area contributed by atoms with Crippen LogP contribution in [0.3, 0.4) is 0 Å². The highest BCUT2D eigenvalue weighted by atomic mass is 19.1. The summed E-state index contributed by atoms with van der Waals surface area (Å²) >= 11 is 0. The van der Waals surface area contributed by atoms with Gasteiger partial charge in [-0.1, -0.05) is 0 Å². The molecule has 1 amide bonds. The van der Waals surface area contributed by atoms with Crippen molar-refractivity contribution in [2.45, 2.75) is 76.3 Å². The summed E-state index contributed by atoms with van der Waals surface area (Å²) in [5.41, 5.74) is -0.618. The minimum absolute atomic E-state index is 0.0165. The van der Waals surface area contributed by atoms with Gasteiger partial charge in [0.2, 0.25) is 0 Å². The van der Waals surface area contributed by atoms with Gasteiger partial charge in [0.25, 0.3) is 5.91 Å². The van der Waals surface area contributed by atoms with Gasteiger partial charge in [-0.15, -0.1) is 0 Å². The van der Waals surface area contributed by atoms with Crippen LogP contribution < -0.4 is 4.74 Å². The Hall–Kier alpha value is -1.70. The molecule has 6 nitrogen and oxygen atoms in total. The number of carbonyl (C=O) groups is 1. The summed E-state index contributed by atoms with van der Waals surface area (Å²) in [4.78, 5) is 14.7. The largest absolute Gasteiger partial charge is 0.494 e. The first kappa shape index (κ1) is 22.5. The number of aliphatic hydroxyl groups excluding tert-OH is 1. The van der Waals surface area contributed by atoms with Crippen LogP contribution in [-0.4, -0.2) is 66.1 Å². The summed E-state index contributed by atoms with van der Waals surface area (Å²) < 4.78 is 31.6. The average molecular weight is 436 g/mol. The molecular weight excluding hydrogens is 401 g/mol. The summed E-state index contributed by atoms with van der Waals surface area (Å²) in [6, 6.07) is 4.35. The summed E-state index contributed by atoms with van der Waals surface area (Å²) in [7, 11) is 1.41. The molecule has 31 heavy (non-hydrogen) atoms. The molecule has 0 bridgehead atoms. The van der Waals surface area contributed by atoms with E-state index < -0.39 is 23.1 Å². The zero-order valence-corrected chi connectivity index (χ0v) is 18.9. The normalized spacial score (nSPS) is 32.3. The standard InChI is InChI=1S/C24H34FNO5/c1-22(2)19(27)7-8-23(3,31-22)20-14-24(15-30-20)9-11-26(12-10-24)21(28)16-5-6-18(29-4)17(25)13-16/h5-6,13,19-20,27H,7-12,14-15H2,1-4H3/t19-,20+,23+/m0/s1. The van der Waals surface area contributed by atoms with Gasteiger partial charge < -0.3 is 24.2 Å². The highest BCUT2D eigenvalue weighted by molar-refractivity contribution is 5.94. The van der Waals surface area contributed by atoms with Crippen molar-refractivity contribution in [3.63, 3.8) is 0 Å². The SMILES string of the molecule is COc1ccc(C(=O)N2CCC3(CC2)CO[C@@H]([C@@]2(C)CC[C@H](O)C(C)(C)O2)C3)cc1F. The molecular formula is C24H34FNO5. The smallest absolute Gasteiger partial charge is 0.253 e. The molecule has 1 aromatic carbocycles. The van der Waals surface area contributed by atoms with Gasteiger partial charge in [0.15, 0.2) is 11.6 Å². The van der Waals surface area contributed by atoms with Crippen molar-refractivity contribution < 1.29 is 28.5 Å². The van der Waals surface area contributed by atoms with E-state index >= 15 is 0 Å². The van der Waals surface area contributed by atoms with Gasteiger partial charge >= 0.3 is 0 Å². The van der Waals surface area contributed by atoms with Gasteiger partial charge in [0, 0.05) is 18.7 Å². The van der Waals surface area contributed by atoms with Gasteiger partial charge in [-0.3, -0.25) is 4.79 Å². The maximum Gasteiger partial charge on any atom is 0.253 e. The van der Waals surface area contributed by atoms with Crippen molar-refractivity contribution >= 4 is 5.91 Å². The number of carbonyl (C=O) groups excluding carboxylic acids is 1. The molecule has 3 aliphatic heterocycles. The molecule has 4 rings (SSSR count). The zero-order chi connectivity index (χ0) is 22.4. The van der Waals surface area contributed by atoms with Crippen LogP contribution >= 0.6 is 0 Å². The predicted molar refractivity (Wildman–Crippen MR) is 114 cm³/mol. The molecule has 0 aliphatic carbocycles. The Labute approximate surface area is 183 Å². The molecule has 3 fully saturated rings. The number of likely N-dealkylation sites (tertiary alicyclic amines) is 1. The lowest BCUT2D eigenvalue weighted by Crippen LogP contribution is -2.56. The van der Waals surface area contributed by atoms with Crippen molar-refractivity contribution in [3.05, 3.63) is 29.6 Å².